The molecule has 5 heteroatoms. The third-order valence-corrected chi connectivity index (χ3v) is 2.57. The van der Waals surface area contributed by atoms with Crippen LogP contribution in [0.25, 0.3) is 0 Å². The lowest BCUT2D eigenvalue weighted by Crippen LogP contribution is -2.22. The maximum atomic E-state index is 11.7. The Morgan fingerprint density at radius 1 is 1.21 bits per heavy atom. The van der Waals surface area contributed by atoms with Crippen LogP contribution in [0.3, 0.4) is 0 Å². The fraction of sp³-hybridized carbons (Fsp3) is 0.429. The van der Waals surface area contributed by atoms with Crippen LogP contribution in [0.5, 0.6) is 0 Å². The number of amides is 2. The van der Waals surface area contributed by atoms with E-state index in [2.05, 4.69) is 10.6 Å². The highest BCUT2D eigenvalue weighted by molar-refractivity contribution is 5.95. The number of rotatable bonds is 5. The highest BCUT2D eigenvalue weighted by Gasteiger charge is 2.08. The molecule has 1 rings (SSSR count). The van der Waals surface area contributed by atoms with E-state index in [1.54, 1.807) is 6.07 Å². The van der Waals surface area contributed by atoms with Crippen LogP contribution in [0, 0.1) is 12.8 Å². The fourth-order valence-electron chi connectivity index (χ4n) is 1.62. The summed E-state index contributed by atoms with van der Waals surface area (Å²) in [6, 6.07) is 5.39. The van der Waals surface area contributed by atoms with Gasteiger partial charge in [-0.15, -0.1) is 0 Å². The number of nitrogens with two attached hydrogens (primary N) is 1. The first-order chi connectivity index (χ1) is 8.92. The fourth-order valence-corrected chi connectivity index (χ4v) is 1.62. The number of nitrogens with one attached hydrogen (secondary N) is 2. The van der Waals surface area contributed by atoms with Gasteiger partial charge < -0.3 is 16.4 Å². The normalized spacial score (nSPS) is 10.4. The Hall–Kier alpha value is -1.88. The van der Waals surface area contributed by atoms with Crippen LogP contribution in [0.1, 0.15) is 25.8 Å². The van der Waals surface area contributed by atoms with Crippen molar-refractivity contribution in [1.29, 1.82) is 0 Å². The van der Waals surface area contributed by atoms with Gasteiger partial charge in [-0.05, 0) is 30.5 Å². The smallest absolute Gasteiger partial charge is 0.238 e. The van der Waals surface area contributed by atoms with Crippen molar-refractivity contribution in [2.45, 2.75) is 27.2 Å². The summed E-state index contributed by atoms with van der Waals surface area (Å²) in [7, 11) is 0. The average Bonchev–Trinajstić information content (AvgIpc) is 2.32. The van der Waals surface area contributed by atoms with E-state index < -0.39 is 0 Å². The molecule has 104 valence electrons. The maximum absolute atomic E-state index is 11.7. The van der Waals surface area contributed by atoms with Crippen LogP contribution in [-0.2, 0) is 9.59 Å². The van der Waals surface area contributed by atoms with Gasteiger partial charge in [0.25, 0.3) is 0 Å². The van der Waals surface area contributed by atoms with Crippen LogP contribution >= 0.6 is 0 Å². The Balaban J connectivity index is 2.78. The molecule has 1 aromatic carbocycles. The Kier molecular flexibility index (Phi) is 5.51. The summed E-state index contributed by atoms with van der Waals surface area (Å²) in [4.78, 5) is 23.0. The zero-order valence-corrected chi connectivity index (χ0v) is 11.6. The maximum Gasteiger partial charge on any atom is 0.238 e. The second-order valence-corrected chi connectivity index (χ2v) is 4.93. The molecule has 1 aromatic rings. The van der Waals surface area contributed by atoms with Crippen molar-refractivity contribution in [3.63, 3.8) is 0 Å². The molecule has 0 unspecified atom stereocenters. The lowest BCUT2D eigenvalue weighted by molar-refractivity contribution is -0.117. The molecule has 0 saturated heterocycles. The van der Waals surface area contributed by atoms with Gasteiger partial charge in [-0.3, -0.25) is 9.59 Å². The molecule has 19 heavy (non-hydrogen) atoms. The van der Waals surface area contributed by atoms with E-state index in [0.717, 1.165) is 5.56 Å². The number of aryl methyl sites for hydroxylation is 1. The number of benzene rings is 1. The third-order valence-electron chi connectivity index (χ3n) is 2.57. The molecule has 0 saturated carbocycles. The Labute approximate surface area is 113 Å². The van der Waals surface area contributed by atoms with Crippen LogP contribution in [0.4, 0.5) is 11.4 Å². The second-order valence-electron chi connectivity index (χ2n) is 4.93. The van der Waals surface area contributed by atoms with Gasteiger partial charge in [0, 0.05) is 17.8 Å². The molecule has 0 aliphatic rings. The number of hydrogen-bond acceptors (Lipinski definition) is 3. The highest BCUT2D eigenvalue weighted by atomic mass is 16.2. The molecule has 0 aliphatic heterocycles. The molecule has 0 spiro atoms. The van der Waals surface area contributed by atoms with Crippen molar-refractivity contribution >= 4 is 23.2 Å². The Bertz CT molecular complexity index is 470. The van der Waals surface area contributed by atoms with Gasteiger partial charge in [0.05, 0.1) is 6.54 Å². The Morgan fingerprint density at radius 3 is 2.47 bits per heavy atom. The molecule has 5 nitrogen and oxygen atoms in total. The summed E-state index contributed by atoms with van der Waals surface area (Å²) in [5.41, 5.74) is 7.52. The quantitative estimate of drug-likeness (QED) is 0.758. The first-order valence-electron chi connectivity index (χ1n) is 6.32. The van der Waals surface area contributed by atoms with E-state index in [-0.39, 0.29) is 18.4 Å². The largest absolute Gasteiger partial charge is 0.326 e. The standard InChI is InChI=1S/C14H21N3O2/c1-9(2)6-13(18)16-11-5-4-10(3)12(7-11)17-14(19)8-15/h4-5,7,9H,6,8,15H2,1-3H3,(H,16,18)(H,17,19). The van der Waals surface area contributed by atoms with Crippen LogP contribution in [0.15, 0.2) is 18.2 Å². The van der Waals surface area contributed by atoms with Gasteiger partial charge >= 0.3 is 0 Å². The molecule has 0 aromatic heterocycles. The summed E-state index contributed by atoms with van der Waals surface area (Å²) in [5, 5.41) is 5.51. The van der Waals surface area contributed by atoms with E-state index in [9.17, 15) is 9.59 Å². The first-order valence-corrected chi connectivity index (χ1v) is 6.32. The zero-order valence-electron chi connectivity index (χ0n) is 11.6. The van der Waals surface area contributed by atoms with Crippen molar-refractivity contribution in [2.75, 3.05) is 17.2 Å². The average molecular weight is 263 g/mol. The summed E-state index contributed by atoms with van der Waals surface area (Å²) in [6.45, 7) is 5.79. The van der Waals surface area contributed by atoms with E-state index >= 15 is 0 Å². The molecule has 0 heterocycles. The lowest BCUT2D eigenvalue weighted by atomic mass is 10.1. The molecular formula is C14H21N3O2. The van der Waals surface area contributed by atoms with Crippen molar-refractivity contribution in [1.82, 2.24) is 0 Å². The van der Waals surface area contributed by atoms with E-state index in [0.29, 0.717) is 23.7 Å². The van der Waals surface area contributed by atoms with Gasteiger partial charge in [0.15, 0.2) is 0 Å². The minimum Gasteiger partial charge on any atom is -0.326 e. The molecule has 0 aliphatic carbocycles. The minimum absolute atomic E-state index is 0.0324. The van der Waals surface area contributed by atoms with E-state index in [1.165, 1.54) is 0 Å². The molecule has 0 atom stereocenters. The highest BCUT2D eigenvalue weighted by Crippen LogP contribution is 2.20. The predicted octanol–water partition coefficient (Wildman–Crippen LogP) is 1.88. The van der Waals surface area contributed by atoms with Gasteiger partial charge in [-0.2, -0.15) is 0 Å². The molecule has 4 N–H and O–H groups in total. The van der Waals surface area contributed by atoms with Crippen molar-refractivity contribution in [2.24, 2.45) is 11.7 Å². The minimum atomic E-state index is -0.256. The monoisotopic (exact) mass is 263 g/mol. The predicted molar refractivity (Wildman–Crippen MR) is 76.9 cm³/mol. The van der Waals surface area contributed by atoms with Gasteiger partial charge in [0.2, 0.25) is 11.8 Å². The van der Waals surface area contributed by atoms with Gasteiger partial charge in [-0.1, -0.05) is 19.9 Å². The SMILES string of the molecule is Cc1ccc(NC(=O)CC(C)C)cc1NC(=O)CN. The molecule has 2 amide bonds. The zero-order chi connectivity index (χ0) is 14.4. The van der Waals surface area contributed by atoms with Gasteiger partial charge in [-0.25, -0.2) is 0 Å². The number of carbonyl (C=O) groups is 2. The second kappa shape index (κ2) is 6.89. The molecular weight excluding hydrogens is 242 g/mol. The number of carbonyl (C=O) groups excluding carboxylic acids is 2. The molecule has 0 bridgehead atoms. The summed E-state index contributed by atoms with van der Waals surface area (Å²) >= 11 is 0. The third kappa shape index (κ3) is 5.09. The van der Waals surface area contributed by atoms with Crippen LogP contribution < -0.4 is 16.4 Å². The first kappa shape index (κ1) is 15.2. The lowest BCUT2D eigenvalue weighted by Gasteiger charge is -2.11. The topological polar surface area (TPSA) is 84.2 Å². The molecule has 0 fully saturated rings. The summed E-state index contributed by atoms with van der Waals surface area (Å²) in [5.74, 6) is 0.0190. The number of hydrogen-bond donors (Lipinski definition) is 3. The van der Waals surface area contributed by atoms with Crippen molar-refractivity contribution < 1.29 is 9.59 Å². The Morgan fingerprint density at radius 2 is 1.89 bits per heavy atom. The van der Waals surface area contributed by atoms with E-state index in [1.807, 2.05) is 32.9 Å². The summed E-state index contributed by atoms with van der Waals surface area (Å²) < 4.78 is 0. The van der Waals surface area contributed by atoms with Gasteiger partial charge in [0.1, 0.15) is 0 Å². The number of anilines is 2. The van der Waals surface area contributed by atoms with Crippen LogP contribution in [-0.4, -0.2) is 18.4 Å². The van der Waals surface area contributed by atoms with Crippen molar-refractivity contribution in [3.05, 3.63) is 23.8 Å². The van der Waals surface area contributed by atoms with E-state index in [4.69, 9.17) is 5.73 Å². The van der Waals surface area contributed by atoms with Crippen LogP contribution in [0.2, 0.25) is 0 Å². The summed E-state index contributed by atoms with van der Waals surface area (Å²) in [6.07, 6.45) is 0.471. The van der Waals surface area contributed by atoms with Crippen molar-refractivity contribution in [3.8, 4) is 0 Å². The molecule has 0 radical (unpaired) electrons.